The highest BCUT2D eigenvalue weighted by atomic mass is 32.2. The molecule has 1 amide bonds. The highest BCUT2D eigenvalue weighted by Gasteiger charge is 2.21. The van der Waals surface area contributed by atoms with Gasteiger partial charge in [0.25, 0.3) is 5.91 Å². The Morgan fingerprint density at radius 1 is 1.07 bits per heavy atom. The minimum Gasteiger partial charge on any atom is -0.493 e. The van der Waals surface area contributed by atoms with E-state index < -0.39 is 21.7 Å². The standard InChI is InChI=1S/C18H21FN2O5S/c1-21(2)27(23,24)13-6-7-15(19)14(10-13)18(22)20-11-12-5-8-16(25-3)17(9-12)26-4/h5-10H,11H2,1-4H3,(H,20,22). The lowest BCUT2D eigenvalue weighted by molar-refractivity contribution is 0.0946. The molecule has 1 N–H and O–H groups in total. The third-order valence-electron chi connectivity index (χ3n) is 3.86. The number of methoxy groups -OCH3 is 2. The van der Waals surface area contributed by atoms with Crippen LogP contribution in [0.2, 0.25) is 0 Å². The number of nitrogens with zero attached hydrogens (tertiary/aromatic N) is 1. The van der Waals surface area contributed by atoms with Crippen molar-refractivity contribution in [2.75, 3.05) is 28.3 Å². The summed E-state index contributed by atoms with van der Waals surface area (Å²) < 4.78 is 49.7. The number of benzene rings is 2. The Morgan fingerprint density at radius 2 is 1.74 bits per heavy atom. The first-order valence-corrected chi connectivity index (χ1v) is 9.36. The van der Waals surface area contributed by atoms with Gasteiger partial charge in [0.05, 0.1) is 24.7 Å². The molecule has 0 atom stereocenters. The molecule has 0 unspecified atom stereocenters. The molecule has 0 spiro atoms. The molecule has 0 aliphatic rings. The van der Waals surface area contributed by atoms with Gasteiger partial charge in [0.2, 0.25) is 10.0 Å². The van der Waals surface area contributed by atoms with Gasteiger partial charge in [-0.25, -0.2) is 17.1 Å². The quantitative estimate of drug-likeness (QED) is 0.774. The number of carbonyl (C=O) groups is 1. The number of ether oxygens (including phenoxy) is 2. The maximum atomic E-state index is 14.0. The van der Waals surface area contributed by atoms with Crippen molar-refractivity contribution in [1.82, 2.24) is 9.62 Å². The highest BCUT2D eigenvalue weighted by Crippen LogP contribution is 2.27. The molecular formula is C18H21FN2O5S. The number of amides is 1. The molecule has 0 heterocycles. The number of hydrogen-bond acceptors (Lipinski definition) is 5. The molecule has 7 nitrogen and oxygen atoms in total. The van der Waals surface area contributed by atoms with Crippen LogP contribution in [0.3, 0.4) is 0 Å². The van der Waals surface area contributed by atoms with E-state index in [2.05, 4.69) is 5.32 Å². The van der Waals surface area contributed by atoms with E-state index in [-0.39, 0.29) is 17.0 Å². The maximum Gasteiger partial charge on any atom is 0.254 e. The van der Waals surface area contributed by atoms with E-state index in [1.807, 2.05) is 0 Å². The third-order valence-corrected chi connectivity index (χ3v) is 5.67. The van der Waals surface area contributed by atoms with Crippen LogP contribution in [-0.2, 0) is 16.6 Å². The fourth-order valence-electron chi connectivity index (χ4n) is 2.32. The number of nitrogens with one attached hydrogen (secondary N) is 1. The average molecular weight is 396 g/mol. The van der Waals surface area contributed by atoms with Gasteiger partial charge in [0.1, 0.15) is 5.82 Å². The largest absolute Gasteiger partial charge is 0.493 e. The van der Waals surface area contributed by atoms with E-state index >= 15 is 0 Å². The molecular weight excluding hydrogens is 375 g/mol. The van der Waals surface area contributed by atoms with Crippen molar-refractivity contribution in [3.8, 4) is 11.5 Å². The SMILES string of the molecule is COc1ccc(CNC(=O)c2cc(S(=O)(=O)N(C)C)ccc2F)cc1OC. The lowest BCUT2D eigenvalue weighted by atomic mass is 10.1. The van der Waals surface area contributed by atoms with Crippen LogP contribution >= 0.6 is 0 Å². The summed E-state index contributed by atoms with van der Waals surface area (Å²) in [5, 5.41) is 2.57. The van der Waals surface area contributed by atoms with E-state index in [1.165, 1.54) is 28.3 Å². The van der Waals surface area contributed by atoms with Crippen molar-refractivity contribution in [2.24, 2.45) is 0 Å². The van der Waals surface area contributed by atoms with E-state index in [0.717, 1.165) is 22.5 Å². The van der Waals surface area contributed by atoms with Crippen molar-refractivity contribution >= 4 is 15.9 Å². The van der Waals surface area contributed by atoms with Gasteiger partial charge in [-0.3, -0.25) is 4.79 Å². The molecule has 0 aromatic heterocycles. The predicted octanol–water partition coefficient (Wildman–Crippen LogP) is 2.02. The first-order chi connectivity index (χ1) is 12.7. The third kappa shape index (κ3) is 4.55. The topological polar surface area (TPSA) is 84.9 Å². The van der Waals surface area contributed by atoms with E-state index in [0.29, 0.717) is 17.1 Å². The number of hydrogen-bond donors (Lipinski definition) is 1. The lowest BCUT2D eigenvalue weighted by Gasteiger charge is -2.13. The Labute approximate surface area is 157 Å². The summed E-state index contributed by atoms with van der Waals surface area (Å²) in [6, 6.07) is 8.20. The monoisotopic (exact) mass is 396 g/mol. The Hall–Kier alpha value is -2.65. The smallest absolute Gasteiger partial charge is 0.254 e. The van der Waals surface area contributed by atoms with Gasteiger partial charge < -0.3 is 14.8 Å². The molecule has 0 aliphatic heterocycles. The zero-order chi connectivity index (χ0) is 20.2. The van der Waals surface area contributed by atoms with Crippen molar-refractivity contribution in [3.63, 3.8) is 0 Å². The van der Waals surface area contributed by atoms with E-state index in [1.54, 1.807) is 18.2 Å². The van der Waals surface area contributed by atoms with Gasteiger partial charge in [0.15, 0.2) is 11.5 Å². The van der Waals surface area contributed by atoms with Gasteiger partial charge in [-0.05, 0) is 35.9 Å². The molecule has 0 aliphatic carbocycles. The summed E-state index contributed by atoms with van der Waals surface area (Å²) in [7, 11) is 1.94. The Bertz CT molecular complexity index is 945. The number of rotatable bonds is 7. The highest BCUT2D eigenvalue weighted by molar-refractivity contribution is 7.89. The molecule has 2 aromatic rings. The second-order valence-corrected chi connectivity index (χ2v) is 7.95. The summed E-state index contributed by atoms with van der Waals surface area (Å²) >= 11 is 0. The van der Waals surface area contributed by atoms with Crippen LogP contribution in [0.4, 0.5) is 4.39 Å². The Morgan fingerprint density at radius 3 is 2.33 bits per heavy atom. The van der Waals surface area contributed by atoms with Crippen LogP contribution in [0, 0.1) is 5.82 Å². The van der Waals surface area contributed by atoms with E-state index in [9.17, 15) is 17.6 Å². The predicted molar refractivity (Wildman–Crippen MR) is 98.0 cm³/mol. The zero-order valence-corrected chi connectivity index (χ0v) is 16.3. The fraction of sp³-hybridized carbons (Fsp3) is 0.278. The average Bonchev–Trinajstić information content (AvgIpc) is 2.65. The second kappa shape index (κ2) is 8.36. The molecule has 0 saturated carbocycles. The molecule has 0 saturated heterocycles. The first-order valence-electron chi connectivity index (χ1n) is 7.92. The van der Waals surface area contributed by atoms with Crippen molar-refractivity contribution in [3.05, 3.63) is 53.3 Å². The van der Waals surface area contributed by atoms with Gasteiger partial charge in [-0.15, -0.1) is 0 Å². The normalized spacial score (nSPS) is 11.3. The summed E-state index contributed by atoms with van der Waals surface area (Å²) in [5.41, 5.74) is 0.358. The Kier molecular flexibility index (Phi) is 6.40. The van der Waals surface area contributed by atoms with Crippen LogP contribution in [0.5, 0.6) is 11.5 Å². The molecule has 0 fully saturated rings. The minimum absolute atomic E-state index is 0.100. The zero-order valence-electron chi connectivity index (χ0n) is 15.4. The van der Waals surface area contributed by atoms with Crippen LogP contribution < -0.4 is 14.8 Å². The summed E-state index contributed by atoms with van der Waals surface area (Å²) in [6.07, 6.45) is 0. The maximum absolute atomic E-state index is 14.0. The number of sulfonamides is 1. The number of carbonyl (C=O) groups excluding carboxylic acids is 1. The van der Waals surface area contributed by atoms with Crippen LogP contribution in [0.1, 0.15) is 15.9 Å². The molecule has 27 heavy (non-hydrogen) atoms. The van der Waals surface area contributed by atoms with Crippen molar-refractivity contribution in [2.45, 2.75) is 11.4 Å². The molecule has 2 aromatic carbocycles. The van der Waals surface area contributed by atoms with Crippen molar-refractivity contribution in [1.29, 1.82) is 0 Å². The van der Waals surface area contributed by atoms with E-state index in [4.69, 9.17) is 9.47 Å². The van der Waals surface area contributed by atoms with Gasteiger partial charge in [-0.2, -0.15) is 0 Å². The fourth-order valence-corrected chi connectivity index (χ4v) is 3.25. The molecule has 146 valence electrons. The number of halogens is 1. The summed E-state index contributed by atoms with van der Waals surface area (Å²) in [5.74, 6) is -0.495. The van der Waals surface area contributed by atoms with Gasteiger partial charge in [-0.1, -0.05) is 6.07 Å². The molecule has 2 rings (SSSR count). The van der Waals surface area contributed by atoms with Crippen LogP contribution in [0.15, 0.2) is 41.3 Å². The first kappa shape index (κ1) is 20.7. The second-order valence-electron chi connectivity index (χ2n) is 5.80. The molecule has 0 bridgehead atoms. The van der Waals surface area contributed by atoms with Crippen molar-refractivity contribution < 1.29 is 27.1 Å². The van der Waals surface area contributed by atoms with Gasteiger partial charge >= 0.3 is 0 Å². The molecule has 0 radical (unpaired) electrons. The summed E-state index contributed by atoms with van der Waals surface area (Å²) in [4.78, 5) is 12.2. The molecule has 9 heteroatoms. The van der Waals surface area contributed by atoms with Crippen LogP contribution in [0.25, 0.3) is 0 Å². The minimum atomic E-state index is -3.78. The lowest BCUT2D eigenvalue weighted by Crippen LogP contribution is -2.26. The van der Waals surface area contributed by atoms with Gasteiger partial charge in [0, 0.05) is 20.6 Å². The summed E-state index contributed by atoms with van der Waals surface area (Å²) in [6.45, 7) is 0.100. The van der Waals surface area contributed by atoms with Crippen LogP contribution in [-0.4, -0.2) is 46.9 Å². The Balaban J connectivity index is 2.21.